The fourth-order valence-corrected chi connectivity index (χ4v) is 4.63. The molecule has 0 aliphatic heterocycles. The van der Waals surface area contributed by atoms with Gasteiger partial charge in [0.25, 0.3) is 0 Å². The highest BCUT2D eigenvalue weighted by Crippen LogP contribution is 2.58. The molecule has 0 aromatic carbocycles. The van der Waals surface area contributed by atoms with Crippen molar-refractivity contribution in [2.75, 3.05) is 13.2 Å². The smallest absolute Gasteiger partial charge is 0.302 e. The van der Waals surface area contributed by atoms with Gasteiger partial charge in [-0.2, -0.15) is 8.62 Å². The van der Waals surface area contributed by atoms with Crippen molar-refractivity contribution in [3.05, 3.63) is 34.9 Å². The van der Waals surface area contributed by atoms with E-state index in [0.717, 1.165) is 24.0 Å². The van der Waals surface area contributed by atoms with E-state index in [0.29, 0.717) is 0 Å². The summed E-state index contributed by atoms with van der Waals surface area (Å²) in [5.74, 6) is 0. The summed E-state index contributed by atoms with van der Waals surface area (Å²) in [4.78, 5) is 51.0. The average molecular weight is 560 g/mol. The van der Waals surface area contributed by atoms with Gasteiger partial charge in [0, 0.05) is 0 Å². The van der Waals surface area contributed by atoms with E-state index in [1.54, 1.807) is 19.9 Å². The van der Waals surface area contributed by atoms with Crippen LogP contribution >= 0.6 is 31.3 Å². The lowest BCUT2D eigenvalue weighted by molar-refractivity contribution is 0.187. The largest absolute Gasteiger partial charge is 0.481 e. The summed E-state index contributed by atoms with van der Waals surface area (Å²) in [5, 5.41) is 0. The molecule has 0 saturated heterocycles. The van der Waals surface area contributed by atoms with Crippen LogP contribution in [0.3, 0.4) is 0 Å². The first-order valence-corrected chi connectivity index (χ1v) is 15.1. The second kappa shape index (κ2) is 15.7. The van der Waals surface area contributed by atoms with Crippen molar-refractivity contribution in [3.8, 4) is 0 Å². The molecule has 196 valence electrons. The molecule has 0 aromatic heterocycles. The molecule has 2 unspecified atom stereocenters. The molecule has 0 aliphatic carbocycles. The minimum Gasteiger partial charge on any atom is -0.302 e. The van der Waals surface area contributed by atoms with Gasteiger partial charge in [-0.3, -0.25) is 9.05 Å². The number of rotatable bonds is 13. The van der Waals surface area contributed by atoms with Crippen LogP contribution in [-0.4, -0.2) is 42.6 Å². The van der Waals surface area contributed by atoms with Gasteiger partial charge in [0.15, 0.2) is 0 Å². The first-order chi connectivity index (χ1) is 14.6. The Labute approximate surface area is 192 Å². The summed E-state index contributed by atoms with van der Waals surface area (Å²) < 4.78 is 58.3. The van der Waals surface area contributed by atoms with Crippen LogP contribution in [-0.2, 0) is 35.9 Å². The molecule has 0 aromatic rings. The Balaban J connectivity index is 0. The first-order valence-electron chi connectivity index (χ1n) is 9.05. The van der Waals surface area contributed by atoms with E-state index in [9.17, 15) is 18.3 Å². The van der Waals surface area contributed by atoms with Crippen molar-refractivity contribution in [2.45, 2.75) is 47.5 Å². The molecule has 0 radical (unpaired) electrons. The van der Waals surface area contributed by atoms with Crippen molar-refractivity contribution in [1.29, 1.82) is 0 Å². The van der Waals surface area contributed by atoms with Crippen molar-refractivity contribution < 1.29 is 65.3 Å². The van der Waals surface area contributed by atoms with Crippen LogP contribution in [0.4, 0.5) is 0 Å². The van der Waals surface area contributed by atoms with E-state index >= 15 is 0 Å². The topological polar surface area (TPSA) is 227 Å². The van der Waals surface area contributed by atoms with Crippen LogP contribution in [0, 0.1) is 0 Å². The Morgan fingerprint density at radius 3 is 1.33 bits per heavy atom. The van der Waals surface area contributed by atoms with E-state index in [4.69, 9.17) is 29.4 Å². The minimum absolute atomic E-state index is 0.254. The van der Waals surface area contributed by atoms with Crippen LogP contribution in [0.1, 0.15) is 47.5 Å². The van der Waals surface area contributed by atoms with Crippen molar-refractivity contribution in [2.24, 2.45) is 0 Å². The Morgan fingerprint density at radius 2 is 1.00 bits per heavy atom. The van der Waals surface area contributed by atoms with E-state index in [1.807, 2.05) is 20.8 Å². The van der Waals surface area contributed by atoms with Gasteiger partial charge in [-0.15, -0.1) is 0 Å². The maximum absolute atomic E-state index is 11.1. The van der Waals surface area contributed by atoms with E-state index in [2.05, 4.69) is 23.7 Å². The van der Waals surface area contributed by atoms with Crippen molar-refractivity contribution >= 4 is 31.3 Å². The van der Waals surface area contributed by atoms with E-state index in [1.165, 1.54) is 11.6 Å². The van der Waals surface area contributed by atoms with Gasteiger partial charge < -0.3 is 29.4 Å². The Hall–Kier alpha value is -0.260. The molecule has 6 N–H and O–H groups in total. The minimum atomic E-state index is -5.05. The molecule has 0 rings (SSSR count). The molecule has 18 heteroatoms. The summed E-state index contributed by atoms with van der Waals surface area (Å²) in [6.07, 6.45) is 6.70. The molecule has 0 aliphatic rings. The lowest BCUT2D eigenvalue weighted by Gasteiger charge is -2.11. The van der Waals surface area contributed by atoms with Gasteiger partial charge in [0.05, 0.1) is 13.2 Å². The zero-order valence-corrected chi connectivity index (χ0v) is 22.4. The molecule has 0 fully saturated rings. The Kier molecular flexibility index (Phi) is 16.6. The molecular weight excluding hydrogens is 528 g/mol. The molecule has 33 heavy (non-hydrogen) atoms. The summed E-state index contributed by atoms with van der Waals surface area (Å²) in [5.41, 5.74) is 2.98. The number of phosphoric acid groups is 4. The number of allylic oxidation sites excluding steroid dienone is 4. The quantitative estimate of drug-likeness (QED) is 0.138. The molecule has 0 heterocycles. The van der Waals surface area contributed by atoms with E-state index < -0.39 is 31.3 Å². The second-order valence-corrected chi connectivity index (χ2v) is 12.5. The normalized spacial score (nSPS) is 16.0. The summed E-state index contributed by atoms with van der Waals surface area (Å²) in [6.45, 7) is 8.76. The van der Waals surface area contributed by atoms with Crippen LogP contribution in [0.5, 0.6) is 0 Å². The summed E-state index contributed by atoms with van der Waals surface area (Å²) in [7, 11) is -19.5. The highest BCUT2D eigenvalue weighted by Gasteiger charge is 2.32. The van der Waals surface area contributed by atoms with Gasteiger partial charge in [0.2, 0.25) is 0 Å². The van der Waals surface area contributed by atoms with E-state index in [-0.39, 0.29) is 13.2 Å². The highest BCUT2D eigenvalue weighted by molar-refractivity contribution is 7.61. The monoisotopic (exact) mass is 560 g/mol. The number of hydrogen-bond donors (Lipinski definition) is 6. The van der Waals surface area contributed by atoms with Crippen LogP contribution < -0.4 is 0 Å². The Bertz CT molecular complexity index is 873. The third-order valence-corrected chi connectivity index (χ3v) is 7.21. The van der Waals surface area contributed by atoms with Crippen LogP contribution in [0.25, 0.3) is 0 Å². The predicted molar refractivity (Wildman–Crippen MR) is 120 cm³/mol. The zero-order chi connectivity index (χ0) is 26.5. The molecular formula is C15H32O14P4. The molecule has 0 spiro atoms. The molecule has 2 atom stereocenters. The first kappa shape index (κ1) is 34.9. The third kappa shape index (κ3) is 27.9. The fourth-order valence-electron chi connectivity index (χ4n) is 1.58. The maximum atomic E-state index is 11.1. The SMILES string of the molecule is CC(C)=CCCC(C)=CCOP(=O)(O)OP(=O)(O)O.CC(C)=CCOP(=O)(O)OP(=O)(O)O. The standard InChI is InChI=1S/C10H20O7P2.C5H12O7P2/c1-9(2)5-4-6-10(3)7-8-16-19(14,15)17-18(11,12)13;1-5(2)3-4-11-14(9,10)12-13(6,7)8/h5,7H,4,6,8H2,1-3H3,(H,14,15)(H2,11,12,13);3H,4H2,1-2H3,(H,9,10)(H2,6,7,8). The lowest BCUT2D eigenvalue weighted by atomic mass is 10.1. The van der Waals surface area contributed by atoms with Gasteiger partial charge in [0.1, 0.15) is 0 Å². The molecule has 0 bridgehead atoms. The van der Waals surface area contributed by atoms with Crippen LogP contribution in [0.2, 0.25) is 0 Å². The van der Waals surface area contributed by atoms with Crippen molar-refractivity contribution in [3.63, 3.8) is 0 Å². The van der Waals surface area contributed by atoms with Crippen molar-refractivity contribution in [1.82, 2.24) is 0 Å². The maximum Gasteiger partial charge on any atom is 0.481 e. The van der Waals surface area contributed by atoms with Gasteiger partial charge >= 0.3 is 31.3 Å². The zero-order valence-electron chi connectivity index (χ0n) is 18.8. The summed E-state index contributed by atoms with van der Waals surface area (Å²) in [6, 6.07) is 0. The third-order valence-electron chi connectivity index (χ3n) is 2.91. The van der Waals surface area contributed by atoms with Gasteiger partial charge in [-0.25, -0.2) is 18.3 Å². The number of phosphoric ester groups is 2. The Morgan fingerprint density at radius 1 is 0.636 bits per heavy atom. The lowest BCUT2D eigenvalue weighted by Crippen LogP contribution is -1.94. The predicted octanol–water partition coefficient (Wildman–Crippen LogP) is 4.08. The average Bonchev–Trinajstić information content (AvgIpc) is 2.49. The molecule has 0 saturated carbocycles. The molecule has 0 amide bonds. The second-order valence-electron chi connectivity index (χ2n) is 6.83. The van der Waals surface area contributed by atoms with Crippen LogP contribution in [0.15, 0.2) is 34.9 Å². The van der Waals surface area contributed by atoms with Gasteiger partial charge in [-0.1, -0.05) is 34.9 Å². The molecule has 14 nitrogen and oxygen atoms in total. The summed E-state index contributed by atoms with van der Waals surface area (Å²) >= 11 is 0. The van der Waals surface area contributed by atoms with Gasteiger partial charge in [-0.05, 0) is 47.5 Å². The highest BCUT2D eigenvalue weighted by atomic mass is 31.3. The fraction of sp³-hybridized carbons (Fsp3) is 0.600. The number of hydrogen-bond acceptors (Lipinski definition) is 8.